The highest BCUT2D eigenvalue weighted by atomic mass is 16.5. The average molecular weight is 467 g/mol. The van der Waals surface area contributed by atoms with E-state index in [0.717, 1.165) is 39.3 Å². The van der Waals surface area contributed by atoms with E-state index in [4.69, 9.17) is 14.2 Å². The van der Waals surface area contributed by atoms with E-state index >= 15 is 0 Å². The van der Waals surface area contributed by atoms with Crippen molar-refractivity contribution in [2.24, 2.45) is 0 Å². The molecule has 0 bridgehead atoms. The molecule has 0 spiro atoms. The van der Waals surface area contributed by atoms with Gasteiger partial charge in [-0.1, -0.05) is 71.4 Å². The van der Waals surface area contributed by atoms with E-state index in [1.54, 1.807) is 12.0 Å². The van der Waals surface area contributed by atoms with Crippen LogP contribution in [0.4, 0.5) is 4.79 Å². The molecule has 0 fully saturated rings. The molecule has 1 N–H and O–H groups in total. The molecule has 0 radical (unpaired) electrons. The van der Waals surface area contributed by atoms with Crippen LogP contribution in [0, 0.1) is 6.92 Å². The molecule has 1 aliphatic rings. The van der Waals surface area contributed by atoms with Gasteiger partial charge >= 0.3 is 6.03 Å². The number of benzene rings is 3. The normalized spacial score (nSPS) is 15.8. The third-order valence-corrected chi connectivity index (χ3v) is 6.16. The van der Waals surface area contributed by atoms with Crippen LogP contribution in [0.2, 0.25) is 0 Å². The van der Waals surface area contributed by atoms with Gasteiger partial charge in [-0.3, -0.25) is 4.90 Å². The molecule has 1 unspecified atom stereocenters. The molecule has 7 nitrogen and oxygen atoms in total. The molecule has 1 aromatic heterocycles. The SMILES string of the molecule is COc1ccc(CN2C(=O)NC(c3ccccc3)C(c3nc(-c4cccc(C)c4)no3)=C2C)cc1. The van der Waals surface area contributed by atoms with Crippen molar-refractivity contribution in [1.29, 1.82) is 0 Å². The summed E-state index contributed by atoms with van der Waals surface area (Å²) in [7, 11) is 1.63. The lowest BCUT2D eigenvalue weighted by atomic mass is 9.94. The van der Waals surface area contributed by atoms with Crippen molar-refractivity contribution < 1.29 is 14.1 Å². The summed E-state index contributed by atoms with van der Waals surface area (Å²) >= 11 is 0. The Bertz CT molecular complexity index is 1380. The van der Waals surface area contributed by atoms with Crippen LogP contribution in [0.5, 0.6) is 5.75 Å². The Kier molecular flexibility index (Phi) is 6.06. The third kappa shape index (κ3) is 4.53. The van der Waals surface area contributed by atoms with Crippen molar-refractivity contribution in [3.63, 3.8) is 0 Å². The monoisotopic (exact) mass is 466 g/mol. The molecule has 2 heterocycles. The van der Waals surface area contributed by atoms with Gasteiger partial charge in [0.15, 0.2) is 0 Å². The highest BCUT2D eigenvalue weighted by molar-refractivity contribution is 5.86. The predicted octanol–water partition coefficient (Wildman–Crippen LogP) is 5.75. The fraction of sp³-hybridized carbons (Fsp3) is 0.179. The second-order valence-corrected chi connectivity index (χ2v) is 8.52. The number of hydrogen-bond donors (Lipinski definition) is 1. The van der Waals surface area contributed by atoms with Gasteiger partial charge in [-0.15, -0.1) is 0 Å². The molecule has 1 atom stereocenters. The molecule has 0 saturated carbocycles. The summed E-state index contributed by atoms with van der Waals surface area (Å²) in [6.07, 6.45) is 0. The van der Waals surface area contributed by atoms with Gasteiger partial charge in [0.2, 0.25) is 5.82 Å². The topological polar surface area (TPSA) is 80.5 Å². The Hall–Kier alpha value is -4.39. The molecule has 0 aliphatic carbocycles. The second kappa shape index (κ2) is 9.46. The molecule has 176 valence electrons. The highest BCUT2D eigenvalue weighted by Gasteiger charge is 2.35. The van der Waals surface area contributed by atoms with Crippen molar-refractivity contribution >= 4 is 11.6 Å². The Morgan fingerprint density at radius 3 is 2.49 bits per heavy atom. The fourth-order valence-electron chi connectivity index (χ4n) is 4.29. The molecule has 4 aromatic rings. The molecular formula is C28H26N4O3. The maximum absolute atomic E-state index is 13.2. The van der Waals surface area contributed by atoms with Crippen molar-refractivity contribution in [2.45, 2.75) is 26.4 Å². The molecule has 1 aliphatic heterocycles. The number of aromatic nitrogens is 2. The quantitative estimate of drug-likeness (QED) is 0.391. The summed E-state index contributed by atoms with van der Waals surface area (Å²) < 4.78 is 11.0. The van der Waals surface area contributed by atoms with Crippen molar-refractivity contribution in [3.05, 3.63) is 107 Å². The fourth-order valence-corrected chi connectivity index (χ4v) is 4.29. The molecule has 2 amide bonds. The molecule has 5 rings (SSSR count). The Labute approximate surface area is 204 Å². The predicted molar refractivity (Wildman–Crippen MR) is 133 cm³/mol. The van der Waals surface area contributed by atoms with Crippen LogP contribution in [-0.2, 0) is 6.54 Å². The lowest BCUT2D eigenvalue weighted by Crippen LogP contribution is -2.45. The number of carbonyl (C=O) groups excluding carboxylic acids is 1. The van der Waals surface area contributed by atoms with Crippen molar-refractivity contribution in [2.75, 3.05) is 7.11 Å². The second-order valence-electron chi connectivity index (χ2n) is 8.52. The standard InChI is InChI=1S/C28H26N4O3/c1-18-8-7-11-22(16-18)26-30-27(35-31-26)24-19(2)32(17-20-12-14-23(34-3)15-13-20)28(33)29-25(24)21-9-5-4-6-10-21/h4-16,25H,17H2,1-3H3,(H,29,33). The number of allylic oxidation sites excluding steroid dienone is 1. The third-order valence-electron chi connectivity index (χ3n) is 6.16. The summed E-state index contributed by atoms with van der Waals surface area (Å²) in [5, 5.41) is 7.39. The molecular weight excluding hydrogens is 440 g/mol. The first-order chi connectivity index (χ1) is 17.0. The van der Waals surface area contributed by atoms with Crippen LogP contribution in [0.25, 0.3) is 17.0 Å². The van der Waals surface area contributed by atoms with Gasteiger partial charge < -0.3 is 14.6 Å². The molecule has 3 aromatic carbocycles. The Morgan fingerprint density at radius 2 is 1.77 bits per heavy atom. The maximum atomic E-state index is 13.2. The van der Waals surface area contributed by atoms with Crippen LogP contribution in [0.3, 0.4) is 0 Å². The van der Waals surface area contributed by atoms with Crippen molar-refractivity contribution in [3.8, 4) is 17.1 Å². The minimum atomic E-state index is -0.415. The van der Waals surface area contributed by atoms with Crippen LogP contribution < -0.4 is 10.1 Å². The zero-order valence-corrected chi connectivity index (χ0v) is 19.9. The Morgan fingerprint density at radius 1 is 1.00 bits per heavy atom. The van der Waals surface area contributed by atoms with E-state index in [9.17, 15) is 4.79 Å². The van der Waals surface area contributed by atoms with Crippen LogP contribution >= 0.6 is 0 Å². The summed E-state index contributed by atoms with van der Waals surface area (Å²) in [6.45, 7) is 4.34. The summed E-state index contributed by atoms with van der Waals surface area (Å²) in [6, 6.07) is 24.8. The zero-order chi connectivity index (χ0) is 24.4. The number of hydrogen-bond acceptors (Lipinski definition) is 5. The van der Waals surface area contributed by atoms with E-state index in [0.29, 0.717) is 18.3 Å². The largest absolute Gasteiger partial charge is 0.497 e. The first kappa shape index (κ1) is 22.4. The molecule has 0 saturated heterocycles. The van der Waals surface area contributed by atoms with E-state index in [1.165, 1.54) is 0 Å². The number of aryl methyl sites for hydroxylation is 1. The number of rotatable bonds is 6. The number of nitrogens with one attached hydrogen (secondary N) is 1. The zero-order valence-electron chi connectivity index (χ0n) is 19.9. The van der Waals surface area contributed by atoms with Gasteiger partial charge in [0.1, 0.15) is 5.75 Å². The van der Waals surface area contributed by atoms with Crippen LogP contribution in [0.1, 0.15) is 35.5 Å². The van der Waals surface area contributed by atoms with Crippen molar-refractivity contribution in [1.82, 2.24) is 20.4 Å². The lowest BCUT2D eigenvalue weighted by Gasteiger charge is -2.35. The smallest absolute Gasteiger partial charge is 0.322 e. The number of methoxy groups -OCH3 is 1. The molecule has 7 heteroatoms. The molecule has 35 heavy (non-hydrogen) atoms. The minimum Gasteiger partial charge on any atom is -0.497 e. The van der Waals surface area contributed by atoms with E-state index < -0.39 is 6.04 Å². The maximum Gasteiger partial charge on any atom is 0.322 e. The van der Waals surface area contributed by atoms with Gasteiger partial charge in [-0.25, -0.2) is 4.79 Å². The first-order valence-corrected chi connectivity index (χ1v) is 11.4. The number of urea groups is 1. The summed E-state index contributed by atoms with van der Waals surface area (Å²) in [5.41, 5.74) is 5.44. The minimum absolute atomic E-state index is 0.186. The lowest BCUT2D eigenvalue weighted by molar-refractivity contribution is 0.203. The first-order valence-electron chi connectivity index (χ1n) is 11.4. The van der Waals surface area contributed by atoms with Crippen LogP contribution in [0.15, 0.2) is 89.1 Å². The van der Waals surface area contributed by atoms with E-state index in [-0.39, 0.29) is 6.03 Å². The number of carbonyl (C=O) groups is 1. The van der Waals surface area contributed by atoms with Gasteiger partial charge in [-0.2, -0.15) is 4.98 Å². The van der Waals surface area contributed by atoms with Crippen LogP contribution in [-0.4, -0.2) is 28.2 Å². The van der Waals surface area contributed by atoms with Gasteiger partial charge in [0, 0.05) is 11.3 Å². The Balaban J connectivity index is 1.57. The average Bonchev–Trinajstić information content (AvgIpc) is 3.37. The van der Waals surface area contributed by atoms with Gasteiger partial charge in [-0.05, 0) is 43.2 Å². The van der Waals surface area contributed by atoms with Gasteiger partial charge in [0.25, 0.3) is 5.89 Å². The van der Waals surface area contributed by atoms with E-state index in [2.05, 4.69) is 10.5 Å². The number of ether oxygens (including phenoxy) is 1. The van der Waals surface area contributed by atoms with E-state index in [1.807, 2.05) is 92.7 Å². The number of nitrogens with zero attached hydrogens (tertiary/aromatic N) is 3. The van der Waals surface area contributed by atoms with Gasteiger partial charge in [0.05, 0.1) is 25.3 Å². The summed E-state index contributed by atoms with van der Waals surface area (Å²) in [4.78, 5) is 19.7. The summed E-state index contributed by atoms with van der Waals surface area (Å²) in [5.74, 6) is 1.66. The number of amides is 2. The highest BCUT2D eigenvalue weighted by Crippen LogP contribution is 2.37.